The van der Waals surface area contributed by atoms with Gasteiger partial charge in [-0.05, 0) is 37.8 Å². The number of carbonyl (C=O) groups excluding carboxylic acids is 2. The molecule has 1 aromatic rings. The Morgan fingerprint density at radius 3 is 2.50 bits per heavy atom. The van der Waals surface area contributed by atoms with Crippen LogP contribution in [0, 0.1) is 5.92 Å². The minimum atomic E-state index is -0.350. The molecule has 1 aliphatic heterocycles. The molecule has 2 aliphatic rings. The lowest BCUT2D eigenvalue weighted by Gasteiger charge is -2.34. The van der Waals surface area contributed by atoms with Crippen LogP contribution in [0.25, 0.3) is 0 Å². The van der Waals surface area contributed by atoms with Gasteiger partial charge in [0.25, 0.3) is 0 Å². The summed E-state index contributed by atoms with van der Waals surface area (Å²) in [6.45, 7) is 0.735. The molecule has 106 valence electrons. The summed E-state index contributed by atoms with van der Waals surface area (Å²) in [7, 11) is 0. The van der Waals surface area contributed by atoms with Crippen LogP contribution < -0.4 is 10.2 Å². The van der Waals surface area contributed by atoms with E-state index in [1.807, 2.05) is 30.3 Å². The fourth-order valence-electron chi connectivity index (χ4n) is 2.83. The highest BCUT2D eigenvalue weighted by molar-refractivity contribution is 6.00. The summed E-state index contributed by atoms with van der Waals surface area (Å²) in [5.41, 5.74) is 0.917. The SMILES string of the molecule is O=C(NC1CCCN(c2ccccc2)C1=O)C1CCC1. The van der Waals surface area contributed by atoms with Gasteiger partial charge < -0.3 is 10.2 Å². The molecule has 0 aromatic heterocycles. The Labute approximate surface area is 119 Å². The van der Waals surface area contributed by atoms with Crippen molar-refractivity contribution in [3.63, 3.8) is 0 Å². The van der Waals surface area contributed by atoms with Crippen molar-refractivity contribution in [2.45, 2.75) is 38.1 Å². The number of para-hydroxylation sites is 1. The second kappa shape index (κ2) is 5.65. The van der Waals surface area contributed by atoms with Gasteiger partial charge in [-0.3, -0.25) is 9.59 Å². The van der Waals surface area contributed by atoms with Crippen LogP contribution in [-0.4, -0.2) is 24.4 Å². The Bertz CT molecular complexity index is 496. The molecule has 3 rings (SSSR count). The number of nitrogens with zero attached hydrogens (tertiary/aromatic N) is 1. The molecule has 1 aliphatic carbocycles. The van der Waals surface area contributed by atoms with Gasteiger partial charge >= 0.3 is 0 Å². The van der Waals surface area contributed by atoms with Crippen LogP contribution in [0.3, 0.4) is 0 Å². The van der Waals surface area contributed by atoms with E-state index in [-0.39, 0.29) is 23.8 Å². The lowest BCUT2D eigenvalue weighted by Crippen LogP contribution is -2.54. The first-order chi connectivity index (χ1) is 9.75. The highest BCUT2D eigenvalue weighted by atomic mass is 16.2. The van der Waals surface area contributed by atoms with Gasteiger partial charge in [-0.25, -0.2) is 0 Å². The summed E-state index contributed by atoms with van der Waals surface area (Å²) in [6.07, 6.45) is 4.74. The largest absolute Gasteiger partial charge is 0.344 e. The zero-order chi connectivity index (χ0) is 13.9. The Morgan fingerprint density at radius 1 is 1.10 bits per heavy atom. The minimum absolute atomic E-state index is 0.0233. The number of rotatable bonds is 3. The molecule has 1 aromatic carbocycles. The second-order valence-electron chi connectivity index (χ2n) is 5.66. The number of benzene rings is 1. The quantitative estimate of drug-likeness (QED) is 0.916. The molecule has 1 atom stereocenters. The van der Waals surface area contributed by atoms with Crippen molar-refractivity contribution >= 4 is 17.5 Å². The fourth-order valence-corrected chi connectivity index (χ4v) is 2.83. The first kappa shape index (κ1) is 13.2. The molecule has 2 fully saturated rings. The molecule has 1 heterocycles. The van der Waals surface area contributed by atoms with Gasteiger partial charge in [0.2, 0.25) is 11.8 Å². The molecule has 2 amide bonds. The van der Waals surface area contributed by atoms with Crippen LogP contribution in [0.5, 0.6) is 0 Å². The predicted octanol–water partition coefficient (Wildman–Crippen LogP) is 2.10. The first-order valence-corrected chi connectivity index (χ1v) is 7.42. The Morgan fingerprint density at radius 2 is 1.85 bits per heavy atom. The lowest BCUT2D eigenvalue weighted by molar-refractivity contribution is -0.132. The molecular weight excluding hydrogens is 252 g/mol. The molecular formula is C16H20N2O2. The number of nitrogens with one attached hydrogen (secondary N) is 1. The third kappa shape index (κ3) is 2.55. The van der Waals surface area contributed by atoms with Crippen LogP contribution >= 0.6 is 0 Å². The van der Waals surface area contributed by atoms with E-state index in [9.17, 15) is 9.59 Å². The van der Waals surface area contributed by atoms with Gasteiger partial charge in [-0.1, -0.05) is 24.6 Å². The lowest BCUT2D eigenvalue weighted by atomic mass is 9.84. The molecule has 1 saturated heterocycles. The third-order valence-corrected chi connectivity index (χ3v) is 4.30. The predicted molar refractivity (Wildman–Crippen MR) is 77.3 cm³/mol. The van der Waals surface area contributed by atoms with Crippen molar-refractivity contribution in [3.05, 3.63) is 30.3 Å². The summed E-state index contributed by atoms with van der Waals surface area (Å²) in [6, 6.07) is 9.32. The molecule has 0 spiro atoms. The molecule has 1 saturated carbocycles. The van der Waals surface area contributed by atoms with Gasteiger partial charge in [0.05, 0.1) is 0 Å². The van der Waals surface area contributed by atoms with Crippen molar-refractivity contribution in [2.75, 3.05) is 11.4 Å². The first-order valence-electron chi connectivity index (χ1n) is 7.42. The summed E-state index contributed by atoms with van der Waals surface area (Å²) in [5, 5.41) is 2.94. The molecule has 4 heteroatoms. The number of carbonyl (C=O) groups is 2. The standard InChI is InChI=1S/C16H20N2O2/c19-15(12-6-4-7-12)17-14-10-5-11-18(16(14)20)13-8-2-1-3-9-13/h1-3,8-9,12,14H,4-7,10-11H2,(H,17,19). The normalized spacial score (nSPS) is 23.3. The van der Waals surface area contributed by atoms with Crippen molar-refractivity contribution in [3.8, 4) is 0 Å². The van der Waals surface area contributed by atoms with Gasteiger partial charge in [-0.2, -0.15) is 0 Å². The van der Waals surface area contributed by atoms with Crippen molar-refractivity contribution < 1.29 is 9.59 Å². The molecule has 0 bridgehead atoms. The highest BCUT2D eigenvalue weighted by Gasteiger charge is 2.33. The van der Waals surface area contributed by atoms with E-state index >= 15 is 0 Å². The van der Waals surface area contributed by atoms with E-state index in [4.69, 9.17) is 0 Å². The number of piperidine rings is 1. The summed E-state index contributed by atoms with van der Waals surface area (Å²) in [4.78, 5) is 26.3. The number of anilines is 1. The van der Waals surface area contributed by atoms with Crippen molar-refractivity contribution in [1.82, 2.24) is 5.32 Å². The van der Waals surface area contributed by atoms with E-state index in [0.29, 0.717) is 0 Å². The number of amides is 2. The molecule has 1 N–H and O–H groups in total. The maximum Gasteiger partial charge on any atom is 0.249 e. The topological polar surface area (TPSA) is 49.4 Å². The van der Waals surface area contributed by atoms with Crippen LogP contribution in [-0.2, 0) is 9.59 Å². The average molecular weight is 272 g/mol. The van der Waals surface area contributed by atoms with Crippen LogP contribution in [0.1, 0.15) is 32.1 Å². The zero-order valence-corrected chi connectivity index (χ0v) is 11.5. The average Bonchev–Trinajstić information content (AvgIpc) is 2.40. The smallest absolute Gasteiger partial charge is 0.249 e. The second-order valence-corrected chi connectivity index (χ2v) is 5.66. The third-order valence-electron chi connectivity index (χ3n) is 4.30. The van der Waals surface area contributed by atoms with Crippen LogP contribution in [0.4, 0.5) is 5.69 Å². The monoisotopic (exact) mass is 272 g/mol. The van der Waals surface area contributed by atoms with E-state index in [2.05, 4.69) is 5.32 Å². The Hall–Kier alpha value is -1.84. The molecule has 1 unspecified atom stereocenters. The Kier molecular flexibility index (Phi) is 3.72. The zero-order valence-electron chi connectivity index (χ0n) is 11.5. The molecule has 4 nitrogen and oxygen atoms in total. The van der Waals surface area contributed by atoms with Gasteiger partial charge in [0.1, 0.15) is 6.04 Å². The minimum Gasteiger partial charge on any atom is -0.344 e. The van der Waals surface area contributed by atoms with E-state index in [0.717, 1.165) is 44.3 Å². The van der Waals surface area contributed by atoms with E-state index < -0.39 is 0 Å². The van der Waals surface area contributed by atoms with E-state index in [1.54, 1.807) is 4.90 Å². The van der Waals surface area contributed by atoms with Crippen molar-refractivity contribution in [1.29, 1.82) is 0 Å². The maximum atomic E-state index is 12.5. The Balaban J connectivity index is 1.67. The van der Waals surface area contributed by atoms with Gasteiger partial charge in [0, 0.05) is 18.2 Å². The summed E-state index contributed by atoms with van der Waals surface area (Å²) >= 11 is 0. The van der Waals surface area contributed by atoms with Crippen molar-refractivity contribution in [2.24, 2.45) is 5.92 Å². The van der Waals surface area contributed by atoms with Gasteiger partial charge in [0.15, 0.2) is 0 Å². The number of hydrogen-bond acceptors (Lipinski definition) is 2. The van der Waals surface area contributed by atoms with Crippen LogP contribution in [0.15, 0.2) is 30.3 Å². The fraction of sp³-hybridized carbons (Fsp3) is 0.500. The maximum absolute atomic E-state index is 12.5. The van der Waals surface area contributed by atoms with Gasteiger partial charge in [-0.15, -0.1) is 0 Å². The molecule has 20 heavy (non-hydrogen) atoms. The summed E-state index contributed by atoms with van der Waals surface area (Å²) in [5.74, 6) is 0.217. The number of hydrogen-bond donors (Lipinski definition) is 1. The van der Waals surface area contributed by atoms with E-state index in [1.165, 1.54) is 0 Å². The highest BCUT2D eigenvalue weighted by Crippen LogP contribution is 2.27. The summed E-state index contributed by atoms with van der Waals surface area (Å²) < 4.78 is 0. The van der Waals surface area contributed by atoms with Crippen LogP contribution in [0.2, 0.25) is 0 Å². The molecule has 0 radical (unpaired) electrons.